The summed E-state index contributed by atoms with van der Waals surface area (Å²) >= 11 is 1.16. The number of benzene rings is 1. The lowest BCUT2D eigenvalue weighted by molar-refractivity contribution is -0.137. The van der Waals surface area contributed by atoms with Crippen molar-refractivity contribution in [3.8, 4) is 17.0 Å². The first-order valence-corrected chi connectivity index (χ1v) is 5.76. The smallest absolute Gasteiger partial charge is 0.416 e. The van der Waals surface area contributed by atoms with Crippen LogP contribution in [0.4, 0.5) is 18.3 Å². The minimum Gasteiger partial charge on any atom is -0.496 e. The third-order valence-electron chi connectivity index (χ3n) is 2.32. The molecule has 18 heavy (non-hydrogen) atoms. The molecule has 0 aliphatic heterocycles. The summed E-state index contributed by atoms with van der Waals surface area (Å²) in [5.74, 6) is 0.327. The summed E-state index contributed by atoms with van der Waals surface area (Å²) in [7, 11) is 1.39. The number of hydrogen-bond donors (Lipinski definition) is 1. The molecule has 0 radical (unpaired) electrons. The van der Waals surface area contributed by atoms with E-state index in [1.54, 1.807) is 5.38 Å². The van der Waals surface area contributed by atoms with Crippen LogP contribution in [0, 0.1) is 0 Å². The highest BCUT2D eigenvalue weighted by molar-refractivity contribution is 7.13. The van der Waals surface area contributed by atoms with Gasteiger partial charge in [0.25, 0.3) is 0 Å². The zero-order chi connectivity index (χ0) is 13.3. The predicted octanol–water partition coefficient (Wildman–Crippen LogP) is 3.42. The third kappa shape index (κ3) is 2.40. The fourth-order valence-electron chi connectivity index (χ4n) is 1.50. The molecule has 1 aromatic carbocycles. The molecule has 0 saturated carbocycles. The monoisotopic (exact) mass is 274 g/mol. The fraction of sp³-hybridized carbons (Fsp3) is 0.182. The van der Waals surface area contributed by atoms with Gasteiger partial charge in [-0.1, -0.05) is 0 Å². The number of nitrogen functional groups attached to an aromatic ring is 1. The van der Waals surface area contributed by atoms with Crippen molar-refractivity contribution >= 4 is 16.5 Å². The zero-order valence-electron chi connectivity index (χ0n) is 9.28. The second-order valence-corrected chi connectivity index (χ2v) is 4.37. The Morgan fingerprint density at radius 2 is 2.06 bits per heavy atom. The normalized spacial score (nSPS) is 11.6. The standard InChI is InChI=1S/C11H9F3N2OS/c1-17-9-3-2-6(11(12,13)14)4-7(9)8-5-18-10(15)16-8/h2-5H,1H3,(H2,15,16). The molecule has 0 atom stereocenters. The van der Waals surface area contributed by atoms with Gasteiger partial charge in [0.15, 0.2) is 5.13 Å². The van der Waals surface area contributed by atoms with Crippen molar-refractivity contribution in [1.82, 2.24) is 4.98 Å². The highest BCUT2D eigenvalue weighted by atomic mass is 32.1. The van der Waals surface area contributed by atoms with E-state index in [0.717, 1.165) is 23.5 Å². The summed E-state index contributed by atoms with van der Waals surface area (Å²) in [5, 5.41) is 1.89. The van der Waals surface area contributed by atoms with E-state index in [1.165, 1.54) is 13.2 Å². The molecule has 1 aromatic heterocycles. The third-order valence-corrected chi connectivity index (χ3v) is 3.00. The maximum Gasteiger partial charge on any atom is 0.416 e. The molecule has 0 spiro atoms. The number of methoxy groups -OCH3 is 1. The van der Waals surface area contributed by atoms with Gasteiger partial charge in [-0.3, -0.25) is 0 Å². The fourth-order valence-corrected chi connectivity index (χ4v) is 2.06. The molecule has 0 saturated heterocycles. The van der Waals surface area contributed by atoms with E-state index in [2.05, 4.69) is 4.98 Å². The van der Waals surface area contributed by atoms with E-state index in [0.29, 0.717) is 16.6 Å². The molecular weight excluding hydrogens is 265 g/mol. The van der Waals surface area contributed by atoms with Crippen LogP contribution in [0.3, 0.4) is 0 Å². The van der Waals surface area contributed by atoms with Gasteiger partial charge < -0.3 is 10.5 Å². The first kappa shape index (κ1) is 12.7. The second kappa shape index (κ2) is 4.49. The SMILES string of the molecule is COc1ccc(C(F)(F)F)cc1-c1csc(N)n1. The summed E-state index contributed by atoms with van der Waals surface area (Å²) in [4.78, 5) is 3.96. The Labute approximate surface area is 105 Å². The number of aromatic nitrogens is 1. The van der Waals surface area contributed by atoms with Gasteiger partial charge in [-0.25, -0.2) is 4.98 Å². The van der Waals surface area contributed by atoms with Crippen LogP contribution in [0.15, 0.2) is 23.6 Å². The molecule has 0 unspecified atom stereocenters. The first-order valence-electron chi connectivity index (χ1n) is 4.88. The van der Waals surface area contributed by atoms with E-state index in [1.807, 2.05) is 0 Å². The van der Waals surface area contributed by atoms with Crippen molar-refractivity contribution in [2.45, 2.75) is 6.18 Å². The molecule has 0 aliphatic carbocycles. The van der Waals surface area contributed by atoms with Crippen molar-refractivity contribution in [3.05, 3.63) is 29.1 Å². The van der Waals surface area contributed by atoms with Gasteiger partial charge in [-0.2, -0.15) is 13.2 Å². The van der Waals surface area contributed by atoms with E-state index in [9.17, 15) is 13.2 Å². The molecule has 0 amide bonds. The van der Waals surface area contributed by atoms with Crippen LogP contribution >= 0.6 is 11.3 Å². The van der Waals surface area contributed by atoms with Crippen LogP contribution in [0.5, 0.6) is 5.75 Å². The number of ether oxygens (including phenoxy) is 1. The van der Waals surface area contributed by atoms with Crippen molar-refractivity contribution in [1.29, 1.82) is 0 Å². The maximum atomic E-state index is 12.6. The Kier molecular flexibility index (Phi) is 3.16. The highest BCUT2D eigenvalue weighted by Gasteiger charge is 2.31. The quantitative estimate of drug-likeness (QED) is 0.912. The largest absolute Gasteiger partial charge is 0.496 e. The van der Waals surface area contributed by atoms with Crippen LogP contribution in [0.25, 0.3) is 11.3 Å². The molecule has 2 N–H and O–H groups in total. The number of nitrogens with two attached hydrogens (primary N) is 1. The molecule has 0 bridgehead atoms. The Balaban J connectivity index is 2.56. The molecule has 1 heterocycles. The minimum absolute atomic E-state index is 0.278. The molecular formula is C11H9F3N2OS. The van der Waals surface area contributed by atoms with Crippen LogP contribution in [0.1, 0.15) is 5.56 Å². The summed E-state index contributed by atoms with van der Waals surface area (Å²) in [6, 6.07) is 3.25. The topological polar surface area (TPSA) is 48.1 Å². The van der Waals surface area contributed by atoms with Crippen molar-refractivity contribution in [3.63, 3.8) is 0 Å². The van der Waals surface area contributed by atoms with E-state index in [4.69, 9.17) is 10.5 Å². The zero-order valence-corrected chi connectivity index (χ0v) is 10.1. The number of nitrogens with zero attached hydrogens (tertiary/aromatic N) is 1. The van der Waals surface area contributed by atoms with Crippen LogP contribution < -0.4 is 10.5 Å². The predicted molar refractivity (Wildman–Crippen MR) is 63.5 cm³/mol. The first-order chi connectivity index (χ1) is 8.41. The average molecular weight is 274 g/mol. The van der Waals surface area contributed by atoms with Gasteiger partial charge in [0.05, 0.1) is 18.4 Å². The summed E-state index contributed by atoms with van der Waals surface area (Å²) in [5.41, 5.74) is 5.38. The van der Waals surface area contributed by atoms with Crippen molar-refractivity contribution in [2.24, 2.45) is 0 Å². The molecule has 2 aromatic rings. The van der Waals surface area contributed by atoms with Gasteiger partial charge in [0, 0.05) is 10.9 Å². The van der Waals surface area contributed by atoms with Gasteiger partial charge >= 0.3 is 6.18 Å². The molecule has 0 aliphatic rings. The Hall–Kier alpha value is -1.76. The lowest BCUT2D eigenvalue weighted by Gasteiger charge is -2.11. The van der Waals surface area contributed by atoms with Crippen LogP contribution in [-0.2, 0) is 6.18 Å². The van der Waals surface area contributed by atoms with E-state index in [-0.39, 0.29) is 5.56 Å². The second-order valence-electron chi connectivity index (χ2n) is 3.48. The minimum atomic E-state index is -4.40. The van der Waals surface area contributed by atoms with E-state index >= 15 is 0 Å². The molecule has 3 nitrogen and oxygen atoms in total. The Morgan fingerprint density at radius 1 is 1.33 bits per heavy atom. The summed E-state index contributed by atoms with van der Waals surface area (Å²) in [6.45, 7) is 0. The molecule has 0 fully saturated rings. The van der Waals surface area contributed by atoms with Gasteiger partial charge in [-0.05, 0) is 18.2 Å². The van der Waals surface area contributed by atoms with Gasteiger partial charge in [-0.15, -0.1) is 11.3 Å². The van der Waals surface area contributed by atoms with Gasteiger partial charge in [0.2, 0.25) is 0 Å². The molecule has 96 valence electrons. The van der Waals surface area contributed by atoms with Gasteiger partial charge in [0.1, 0.15) is 5.75 Å². The van der Waals surface area contributed by atoms with Crippen molar-refractivity contribution < 1.29 is 17.9 Å². The maximum absolute atomic E-state index is 12.6. The Bertz CT molecular complexity index is 566. The number of rotatable bonds is 2. The average Bonchev–Trinajstić information content (AvgIpc) is 2.73. The van der Waals surface area contributed by atoms with Crippen molar-refractivity contribution in [2.75, 3.05) is 12.8 Å². The number of halogens is 3. The summed E-state index contributed by atoms with van der Waals surface area (Å²) < 4.78 is 43.0. The molecule has 2 rings (SSSR count). The number of hydrogen-bond acceptors (Lipinski definition) is 4. The van der Waals surface area contributed by atoms with Crippen LogP contribution in [-0.4, -0.2) is 12.1 Å². The highest BCUT2D eigenvalue weighted by Crippen LogP contribution is 2.37. The lowest BCUT2D eigenvalue weighted by atomic mass is 10.1. The lowest BCUT2D eigenvalue weighted by Crippen LogP contribution is -2.05. The Morgan fingerprint density at radius 3 is 2.56 bits per heavy atom. The molecule has 7 heteroatoms. The van der Waals surface area contributed by atoms with Crippen LogP contribution in [0.2, 0.25) is 0 Å². The number of alkyl halides is 3. The number of thiazole rings is 1. The number of anilines is 1. The summed E-state index contributed by atoms with van der Waals surface area (Å²) in [6.07, 6.45) is -4.40. The van der Waals surface area contributed by atoms with E-state index < -0.39 is 11.7 Å².